The molecule has 0 N–H and O–H groups in total. The molecule has 0 bridgehead atoms. The van der Waals surface area contributed by atoms with Crippen molar-refractivity contribution in [2.45, 2.75) is 45.6 Å². The second-order valence-corrected chi connectivity index (χ2v) is 9.22. The molecule has 5 rings (SSSR count). The Morgan fingerprint density at radius 3 is 2.37 bits per heavy atom. The van der Waals surface area contributed by atoms with Crippen LogP contribution in [0.4, 0.5) is 5.82 Å². The van der Waals surface area contributed by atoms with E-state index >= 15 is 0 Å². The molecule has 2 fully saturated rings. The Balaban J connectivity index is 1.58. The van der Waals surface area contributed by atoms with E-state index in [0.29, 0.717) is 5.82 Å². The lowest BCUT2D eigenvalue weighted by molar-refractivity contribution is -0.127. The van der Waals surface area contributed by atoms with Gasteiger partial charge in [-0.15, -0.1) is 0 Å². The molecule has 0 spiro atoms. The van der Waals surface area contributed by atoms with Crippen molar-refractivity contribution in [2.24, 2.45) is 11.8 Å². The van der Waals surface area contributed by atoms with E-state index in [1.54, 1.807) is 17.5 Å². The van der Waals surface area contributed by atoms with E-state index in [0.717, 1.165) is 48.1 Å². The van der Waals surface area contributed by atoms with E-state index in [2.05, 4.69) is 30.3 Å². The maximum atomic E-state index is 12.9. The summed E-state index contributed by atoms with van der Waals surface area (Å²) in [6, 6.07) is 6.06. The molecule has 2 amide bonds. The van der Waals surface area contributed by atoms with Gasteiger partial charge in [-0.2, -0.15) is 16.4 Å². The standard InChI is InChI=1S/C23H24N4O2S/c1-14(2)26-12-19(21(25-26)18-8-10-30-13-18)17-7-9-24-20(11-17)27(22(28)15-3-4-15)23(29)16-5-6-16/h7-16H,3-6H2,1-2H3. The number of hydrogen-bond acceptors (Lipinski definition) is 5. The molecule has 0 radical (unpaired) electrons. The number of nitrogens with zero attached hydrogens (tertiary/aromatic N) is 4. The fraction of sp³-hybridized carbons (Fsp3) is 0.391. The number of carbonyl (C=O) groups is 2. The van der Waals surface area contributed by atoms with Gasteiger partial charge in [0.15, 0.2) is 0 Å². The van der Waals surface area contributed by atoms with Gasteiger partial charge in [-0.25, -0.2) is 9.88 Å². The van der Waals surface area contributed by atoms with Crippen LogP contribution in [0.5, 0.6) is 0 Å². The number of aromatic nitrogens is 3. The van der Waals surface area contributed by atoms with Gasteiger partial charge >= 0.3 is 0 Å². The third-order valence-corrected chi connectivity index (χ3v) is 6.32. The summed E-state index contributed by atoms with van der Waals surface area (Å²) in [5.41, 5.74) is 3.84. The molecule has 7 heteroatoms. The van der Waals surface area contributed by atoms with Crippen LogP contribution in [-0.4, -0.2) is 26.6 Å². The van der Waals surface area contributed by atoms with E-state index < -0.39 is 0 Å². The van der Waals surface area contributed by atoms with E-state index in [9.17, 15) is 9.59 Å². The molecule has 2 saturated carbocycles. The summed E-state index contributed by atoms with van der Waals surface area (Å²) < 4.78 is 1.95. The summed E-state index contributed by atoms with van der Waals surface area (Å²) in [5.74, 6) is 0.140. The molecule has 0 aromatic carbocycles. The van der Waals surface area contributed by atoms with Crippen molar-refractivity contribution >= 4 is 29.0 Å². The SMILES string of the molecule is CC(C)n1cc(-c2ccnc(N(C(=O)C3CC3)C(=O)C3CC3)c2)c(-c2ccsc2)n1. The third-order valence-electron chi connectivity index (χ3n) is 5.64. The molecule has 2 aliphatic carbocycles. The molecule has 3 aromatic heterocycles. The van der Waals surface area contributed by atoms with Gasteiger partial charge in [-0.05, 0) is 68.7 Å². The van der Waals surface area contributed by atoms with Crippen LogP contribution in [0.3, 0.4) is 0 Å². The topological polar surface area (TPSA) is 68.1 Å². The van der Waals surface area contributed by atoms with E-state index in [1.807, 2.05) is 28.4 Å². The average Bonchev–Trinajstić information content (AvgIpc) is 3.66. The minimum Gasteiger partial charge on any atom is -0.274 e. The lowest BCUT2D eigenvalue weighted by atomic mass is 10.0. The monoisotopic (exact) mass is 420 g/mol. The number of imide groups is 1. The quantitative estimate of drug-likeness (QED) is 0.530. The van der Waals surface area contributed by atoms with Gasteiger partial charge < -0.3 is 0 Å². The maximum Gasteiger partial charge on any atom is 0.238 e. The van der Waals surface area contributed by atoms with Crippen molar-refractivity contribution in [3.05, 3.63) is 41.4 Å². The number of hydrogen-bond donors (Lipinski definition) is 0. The Labute approximate surface area is 179 Å². The zero-order chi connectivity index (χ0) is 20.8. The van der Waals surface area contributed by atoms with Crippen LogP contribution in [-0.2, 0) is 9.59 Å². The van der Waals surface area contributed by atoms with Gasteiger partial charge in [-0.3, -0.25) is 14.3 Å². The second-order valence-electron chi connectivity index (χ2n) is 8.44. The Hall–Kier alpha value is -2.80. The Morgan fingerprint density at radius 1 is 1.10 bits per heavy atom. The Morgan fingerprint density at radius 2 is 1.80 bits per heavy atom. The highest BCUT2D eigenvalue weighted by molar-refractivity contribution is 7.08. The molecule has 2 aliphatic rings. The van der Waals surface area contributed by atoms with Gasteiger partial charge in [0.2, 0.25) is 11.8 Å². The largest absolute Gasteiger partial charge is 0.274 e. The molecule has 0 atom stereocenters. The Kier molecular flexibility index (Phi) is 4.77. The van der Waals surface area contributed by atoms with Gasteiger partial charge in [0, 0.05) is 46.8 Å². The van der Waals surface area contributed by atoms with Crippen LogP contribution in [0.25, 0.3) is 22.4 Å². The van der Waals surface area contributed by atoms with Crippen molar-refractivity contribution in [2.75, 3.05) is 4.90 Å². The number of rotatable bonds is 6. The zero-order valence-corrected chi connectivity index (χ0v) is 17.9. The summed E-state index contributed by atoms with van der Waals surface area (Å²) in [6.07, 6.45) is 7.15. The van der Waals surface area contributed by atoms with Gasteiger partial charge in [0.25, 0.3) is 0 Å². The molecular weight excluding hydrogens is 396 g/mol. The van der Waals surface area contributed by atoms with Crippen molar-refractivity contribution < 1.29 is 9.59 Å². The highest BCUT2D eigenvalue weighted by Gasteiger charge is 2.42. The smallest absolute Gasteiger partial charge is 0.238 e. The van der Waals surface area contributed by atoms with Gasteiger partial charge in [0.1, 0.15) is 11.5 Å². The van der Waals surface area contributed by atoms with E-state index in [1.165, 1.54) is 4.90 Å². The fourth-order valence-electron chi connectivity index (χ4n) is 3.55. The normalized spacial score (nSPS) is 16.1. The van der Waals surface area contributed by atoms with Crippen LogP contribution in [0.2, 0.25) is 0 Å². The number of thiophene rings is 1. The summed E-state index contributed by atoms with van der Waals surface area (Å²) in [5, 5.41) is 8.92. The van der Waals surface area contributed by atoms with Crippen molar-refractivity contribution in [1.29, 1.82) is 0 Å². The first-order valence-electron chi connectivity index (χ1n) is 10.5. The van der Waals surface area contributed by atoms with Crippen LogP contribution >= 0.6 is 11.3 Å². The number of carbonyl (C=O) groups excluding carboxylic acids is 2. The third kappa shape index (κ3) is 3.58. The molecule has 154 valence electrons. The highest BCUT2D eigenvalue weighted by atomic mass is 32.1. The first-order valence-corrected chi connectivity index (χ1v) is 11.4. The summed E-state index contributed by atoms with van der Waals surface area (Å²) in [6.45, 7) is 4.19. The average molecular weight is 421 g/mol. The summed E-state index contributed by atoms with van der Waals surface area (Å²) in [4.78, 5) is 31.6. The molecule has 30 heavy (non-hydrogen) atoms. The van der Waals surface area contributed by atoms with Gasteiger partial charge in [-0.1, -0.05) is 0 Å². The van der Waals surface area contributed by atoms with E-state index in [-0.39, 0.29) is 29.7 Å². The molecule has 6 nitrogen and oxygen atoms in total. The van der Waals surface area contributed by atoms with Crippen molar-refractivity contribution in [3.63, 3.8) is 0 Å². The molecular formula is C23H24N4O2S. The van der Waals surface area contributed by atoms with Crippen molar-refractivity contribution in [1.82, 2.24) is 14.8 Å². The predicted octanol–water partition coefficient (Wildman–Crippen LogP) is 4.93. The maximum absolute atomic E-state index is 12.9. The molecule has 0 aliphatic heterocycles. The fourth-order valence-corrected chi connectivity index (χ4v) is 4.19. The number of pyridine rings is 1. The second kappa shape index (κ2) is 7.47. The first kappa shape index (κ1) is 19.2. The molecule has 0 saturated heterocycles. The number of amides is 2. The van der Waals surface area contributed by atoms with Crippen LogP contribution in [0.15, 0.2) is 41.4 Å². The molecule has 3 heterocycles. The minimum absolute atomic E-state index is 0.0387. The number of anilines is 1. The first-order chi connectivity index (χ1) is 14.5. The van der Waals surface area contributed by atoms with Crippen LogP contribution in [0, 0.1) is 11.8 Å². The minimum atomic E-state index is -0.104. The lowest BCUT2D eigenvalue weighted by Gasteiger charge is -2.20. The molecule has 0 unspecified atom stereocenters. The predicted molar refractivity (Wildman–Crippen MR) is 117 cm³/mol. The Bertz CT molecular complexity index is 1070. The van der Waals surface area contributed by atoms with Crippen LogP contribution < -0.4 is 4.90 Å². The lowest BCUT2D eigenvalue weighted by Crippen LogP contribution is -2.39. The van der Waals surface area contributed by atoms with Crippen molar-refractivity contribution in [3.8, 4) is 22.4 Å². The summed E-state index contributed by atoms with van der Waals surface area (Å²) in [7, 11) is 0. The highest BCUT2D eigenvalue weighted by Crippen LogP contribution is 2.39. The summed E-state index contributed by atoms with van der Waals surface area (Å²) >= 11 is 1.63. The molecule has 3 aromatic rings. The van der Waals surface area contributed by atoms with Gasteiger partial charge in [0.05, 0.1) is 0 Å². The zero-order valence-electron chi connectivity index (χ0n) is 17.1. The van der Waals surface area contributed by atoms with Crippen LogP contribution in [0.1, 0.15) is 45.6 Å². The van der Waals surface area contributed by atoms with E-state index in [4.69, 9.17) is 5.10 Å².